The maximum Gasteiger partial charge on any atom is 0.182 e. The summed E-state index contributed by atoms with van der Waals surface area (Å²) in [5, 5.41) is 0. The fourth-order valence-corrected chi connectivity index (χ4v) is 2.82. The summed E-state index contributed by atoms with van der Waals surface area (Å²) in [4.78, 5) is 47.3. The van der Waals surface area contributed by atoms with Crippen molar-refractivity contribution in [2.24, 2.45) is 11.8 Å². The average molecular weight is 282 g/mol. The standard InChI is InChI=1S/C17H14O4/c1-8-3-16(20)12(6-14(8)18)10-5-11(10)13-7-15(19)9(2)4-17(13)21/h3-4,6-7,10-11H,5H2,1-2H3. The minimum absolute atomic E-state index is 0.124. The first-order valence-corrected chi connectivity index (χ1v) is 6.85. The minimum Gasteiger partial charge on any atom is -0.290 e. The van der Waals surface area contributed by atoms with Crippen LogP contribution in [0.1, 0.15) is 20.3 Å². The van der Waals surface area contributed by atoms with Crippen molar-refractivity contribution in [3.05, 3.63) is 46.6 Å². The van der Waals surface area contributed by atoms with E-state index >= 15 is 0 Å². The van der Waals surface area contributed by atoms with E-state index in [4.69, 9.17) is 0 Å². The Morgan fingerprint density at radius 3 is 1.43 bits per heavy atom. The molecular weight excluding hydrogens is 268 g/mol. The van der Waals surface area contributed by atoms with Gasteiger partial charge in [-0.25, -0.2) is 0 Å². The molecule has 0 saturated heterocycles. The van der Waals surface area contributed by atoms with Crippen LogP contribution >= 0.6 is 0 Å². The molecular formula is C17H14O4. The van der Waals surface area contributed by atoms with E-state index in [1.54, 1.807) is 13.8 Å². The number of hydrogen-bond donors (Lipinski definition) is 0. The first kappa shape index (κ1) is 13.6. The Labute approximate surface area is 121 Å². The second-order valence-electron chi connectivity index (χ2n) is 5.76. The van der Waals surface area contributed by atoms with Crippen LogP contribution < -0.4 is 0 Å². The molecule has 0 amide bonds. The van der Waals surface area contributed by atoms with Crippen LogP contribution in [0.2, 0.25) is 0 Å². The average Bonchev–Trinajstić information content (AvgIpc) is 3.18. The largest absolute Gasteiger partial charge is 0.290 e. The number of carbonyl (C=O) groups is 4. The van der Waals surface area contributed by atoms with Gasteiger partial charge >= 0.3 is 0 Å². The lowest BCUT2D eigenvalue weighted by atomic mass is 9.90. The van der Waals surface area contributed by atoms with E-state index in [1.165, 1.54) is 24.3 Å². The van der Waals surface area contributed by atoms with Crippen molar-refractivity contribution in [2.45, 2.75) is 20.3 Å². The Kier molecular flexibility index (Phi) is 2.97. The molecule has 3 rings (SSSR count). The molecule has 21 heavy (non-hydrogen) atoms. The minimum atomic E-state index is -0.165. The molecule has 0 radical (unpaired) electrons. The van der Waals surface area contributed by atoms with Crippen LogP contribution in [-0.2, 0) is 19.2 Å². The Balaban J connectivity index is 1.82. The first-order valence-electron chi connectivity index (χ1n) is 6.85. The molecule has 0 aromatic heterocycles. The zero-order valence-corrected chi connectivity index (χ0v) is 11.8. The van der Waals surface area contributed by atoms with E-state index in [0.717, 1.165) is 0 Å². The Bertz CT molecular complexity index is 666. The van der Waals surface area contributed by atoms with Crippen LogP contribution in [0.5, 0.6) is 0 Å². The van der Waals surface area contributed by atoms with Crippen LogP contribution in [0.15, 0.2) is 46.6 Å². The highest BCUT2D eigenvalue weighted by Gasteiger charge is 2.47. The summed E-state index contributed by atoms with van der Waals surface area (Å²) in [5.41, 5.74) is 1.79. The molecule has 0 N–H and O–H groups in total. The summed E-state index contributed by atoms with van der Waals surface area (Å²) >= 11 is 0. The summed E-state index contributed by atoms with van der Waals surface area (Å²) < 4.78 is 0. The molecule has 106 valence electrons. The van der Waals surface area contributed by atoms with Gasteiger partial charge in [-0.05, 0) is 56.4 Å². The van der Waals surface area contributed by atoms with Crippen molar-refractivity contribution in [3.8, 4) is 0 Å². The zero-order chi connectivity index (χ0) is 15.3. The Morgan fingerprint density at radius 2 is 1.05 bits per heavy atom. The number of carbonyl (C=O) groups excluding carboxylic acids is 4. The highest BCUT2D eigenvalue weighted by Crippen LogP contribution is 2.50. The summed E-state index contributed by atoms with van der Waals surface area (Å²) in [5.74, 6) is -0.902. The maximum absolute atomic E-state index is 12.0. The van der Waals surface area contributed by atoms with Gasteiger partial charge < -0.3 is 0 Å². The molecule has 0 aliphatic heterocycles. The molecule has 3 aliphatic rings. The highest BCUT2D eigenvalue weighted by molar-refractivity contribution is 6.22. The lowest BCUT2D eigenvalue weighted by molar-refractivity contribution is -0.115. The van der Waals surface area contributed by atoms with Crippen molar-refractivity contribution in [2.75, 3.05) is 0 Å². The fourth-order valence-electron chi connectivity index (χ4n) is 2.82. The SMILES string of the molecule is CC1=CC(=O)C(C2CC2C2=CC(=O)C(C)=CC2=O)=CC1=O. The fraction of sp³-hybridized carbons (Fsp3) is 0.294. The van der Waals surface area contributed by atoms with Gasteiger partial charge in [-0.15, -0.1) is 0 Å². The quantitative estimate of drug-likeness (QED) is 0.722. The van der Waals surface area contributed by atoms with Crippen molar-refractivity contribution in [1.82, 2.24) is 0 Å². The Hall–Kier alpha value is -2.36. The molecule has 0 aromatic rings. The van der Waals surface area contributed by atoms with Crippen LogP contribution in [0.25, 0.3) is 0 Å². The van der Waals surface area contributed by atoms with E-state index in [2.05, 4.69) is 0 Å². The number of allylic oxidation sites excluding steroid dienone is 8. The van der Waals surface area contributed by atoms with Gasteiger partial charge in [-0.1, -0.05) is 0 Å². The summed E-state index contributed by atoms with van der Waals surface area (Å²) in [7, 11) is 0. The molecule has 3 aliphatic carbocycles. The predicted octanol–water partition coefficient (Wildman–Crippen LogP) is 1.67. The van der Waals surface area contributed by atoms with Crippen LogP contribution in [0.4, 0.5) is 0 Å². The van der Waals surface area contributed by atoms with E-state index in [0.29, 0.717) is 28.7 Å². The molecule has 1 fully saturated rings. The summed E-state index contributed by atoms with van der Waals surface area (Å²) in [6.45, 7) is 3.22. The maximum atomic E-state index is 12.0. The van der Waals surface area contributed by atoms with Crippen LogP contribution in [0.3, 0.4) is 0 Å². The van der Waals surface area contributed by atoms with Gasteiger partial charge in [0.1, 0.15) is 0 Å². The van der Waals surface area contributed by atoms with Crippen molar-refractivity contribution < 1.29 is 19.2 Å². The number of hydrogen-bond acceptors (Lipinski definition) is 4. The van der Waals surface area contributed by atoms with E-state index in [1.807, 2.05) is 0 Å². The molecule has 0 bridgehead atoms. The third kappa shape index (κ3) is 2.27. The molecule has 1 saturated carbocycles. The van der Waals surface area contributed by atoms with Gasteiger partial charge in [-0.2, -0.15) is 0 Å². The second kappa shape index (κ2) is 4.58. The molecule has 2 atom stereocenters. The van der Waals surface area contributed by atoms with Gasteiger partial charge in [0.05, 0.1) is 0 Å². The van der Waals surface area contributed by atoms with Gasteiger partial charge in [0, 0.05) is 22.3 Å². The predicted molar refractivity (Wildman–Crippen MR) is 75.3 cm³/mol. The first-order chi connectivity index (χ1) is 9.88. The summed E-state index contributed by atoms with van der Waals surface area (Å²) in [6, 6.07) is 0. The number of rotatable bonds is 2. The zero-order valence-electron chi connectivity index (χ0n) is 11.8. The normalized spacial score (nSPS) is 28.9. The highest BCUT2D eigenvalue weighted by atomic mass is 16.1. The number of ketones is 4. The summed E-state index contributed by atoms with van der Waals surface area (Å²) in [6.07, 6.45) is 6.08. The topological polar surface area (TPSA) is 68.3 Å². The van der Waals surface area contributed by atoms with Gasteiger partial charge in [0.2, 0.25) is 0 Å². The lowest BCUT2D eigenvalue weighted by Gasteiger charge is -2.12. The van der Waals surface area contributed by atoms with Gasteiger partial charge in [0.15, 0.2) is 23.1 Å². The molecule has 4 nitrogen and oxygen atoms in total. The van der Waals surface area contributed by atoms with E-state index < -0.39 is 0 Å². The van der Waals surface area contributed by atoms with E-state index in [9.17, 15) is 19.2 Å². The van der Waals surface area contributed by atoms with Gasteiger partial charge in [0.25, 0.3) is 0 Å². The third-order valence-corrected chi connectivity index (χ3v) is 4.20. The molecule has 0 aromatic carbocycles. The molecule has 0 spiro atoms. The monoisotopic (exact) mass is 282 g/mol. The van der Waals surface area contributed by atoms with Gasteiger partial charge in [-0.3, -0.25) is 19.2 Å². The molecule has 4 heteroatoms. The Morgan fingerprint density at radius 1 is 0.667 bits per heavy atom. The smallest absolute Gasteiger partial charge is 0.182 e. The van der Waals surface area contributed by atoms with E-state index in [-0.39, 0.29) is 35.0 Å². The lowest BCUT2D eigenvalue weighted by Crippen LogP contribution is -2.16. The van der Waals surface area contributed by atoms with Crippen molar-refractivity contribution >= 4 is 23.1 Å². The molecule has 0 heterocycles. The van der Waals surface area contributed by atoms with Crippen LogP contribution in [-0.4, -0.2) is 23.1 Å². The van der Waals surface area contributed by atoms with Crippen LogP contribution in [0, 0.1) is 11.8 Å². The third-order valence-electron chi connectivity index (χ3n) is 4.20. The van der Waals surface area contributed by atoms with Crippen molar-refractivity contribution in [3.63, 3.8) is 0 Å². The second-order valence-corrected chi connectivity index (χ2v) is 5.76. The molecule has 2 unspecified atom stereocenters. The van der Waals surface area contributed by atoms with Crippen molar-refractivity contribution in [1.29, 1.82) is 0 Å².